The Balaban J connectivity index is 2.52. The molecule has 4 heteroatoms. The number of carbonyl (C=O) groups is 1. The molecule has 0 saturated carbocycles. The summed E-state index contributed by atoms with van der Waals surface area (Å²) < 4.78 is 10.6. The number of carbonyl (C=O) groups excluding carboxylic acids is 1. The summed E-state index contributed by atoms with van der Waals surface area (Å²) in [5.74, 6) is 0.602. The van der Waals surface area contributed by atoms with E-state index in [1.54, 1.807) is 7.11 Å². The fraction of sp³-hybridized carbons (Fsp3) is 0.500. The molecule has 0 fully saturated rings. The van der Waals surface area contributed by atoms with Crippen LogP contribution in [0.5, 0.6) is 5.75 Å². The fourth-order valence-corrected chi connectivity index (χ4v) is 1.61. The molecular weight excluding hydrogens is 230 g/mol. The first-order chi connectivity index (χ1) is 8.67. The van der Waals surface area contributed by atoms with E-state index in [1.807, 2.05) is 44.2 Å². The Morgan fingerprint density at radius 1 is 1.33 bits per heavy atom. The predicted octanol–water partition coefficient (Wildman–Crippen LogP) is 2.00. The number of ether oxygens (including phenoxy) is 2. The normalized spacial score (nSPS) is 13.7. The van der Waals surface area contributed by atoms with Crippen molar-refractivity contribution in [1.29, 1.82) is 0 Å². The van der Waals surface area contributed by atoms with E-state index in [2.05, 4.69) is 5.32 Å². The van der Waals surface area contributed by atoms with E-state index in [4.69, 9.17) is 9.47 Å². The van der Waals surface area contributed by atoms with Gasteiger partial charge in [0.1, 0.15) is 5.75 Å². The Labute approximate surface area is 108 Å². The SMILES string of the molecule is CCC(Oc1ccccc1)C(=O)NC(C)COC. The van der Waals surface area contributed by atoms with Crippen LogP contribution in [0.25, 0.3) is 0 Å². The second-order valence-corrected chi connectivity index (χ2v) is 4.19. The zero-order valence-corrected chi connectivity index (χ0v) is 11.2. The highest BCUT2D eigenvalue weighted by atomic mass is 16.5. The lowest BCUT2D eigenvalue weighted by atomic mass is 10.2. The highest BCUT2D eigenvalue weighted by Crippen LogP contribution is 2.12. The Bertz CT molecular complexity index is 353. The maximum atomic E-state index is 12.0. The van der Waals surface area contributed by atoms with E-state index in [-0.39, 0.29) is 11.9 Å². The quantitative estimate of drug-likeness (QED) is 0.806. The van der Waals surface area contributed by atoms with Gasteiger partial charge in [0, 0.05) is 13.2 Å². The number of nitrogens with one attached hydrogen (secondary N) is 1. The summed E-state index contributed by atoms with van der Waals surface area (Å²) in [6.07, 6.45) is 0.159. The summed E-state index contributed by atoms with van der Waals surface area (Å²) in [5, 5.41) is 2.86. The summed E-state index contributed by atoms with van der Waals surface area (Å²) in [7, 11) is 1.61. The summed E-state index contributed by atoms with van der Waals surface area (Å²) in [5.41, 5.74) is 0. The van der Waals surface area contributed by atoms with Crippen molar-refractivity contribution in [3.8, 4) is 5.75 Å². The van der Waals surface area contributed by atoms with Gasteiger partial charge in [0.25, 0.3) is 5.91 Å². The molecule has 0 spiro atoms. The number of para-hydroxylation sites is 1. The lowest BCUT2D eigenvalue weighted by Gasteiger charge is -2.20. The van der Waals surface area contributed by atoms with E-state index >= 15 is 0 Å². The molecule has 1 rings (SSSR count). The Morgan fingerprint density at radius 2 is 2.00 bits per heavy atom. The number of hydrogen-bond donors (Lipinski definition) is 1. The van der Waals surface area contributed by atoms with Gasteiger partial charge in [-0.15, -0.1) is 0 Å². The second-order valence-electron chi connectivity index (χ2n) is 4.19. The van der Waals surface area contributed by atoms with Crippen LogP contribution in [0, 0.1) is 0 Å². The maximum absolute atomic E-state index is 12.0. The van der Waals surface area contributed by atoms with Gasteiger partial charge in [-0.2, -0.15) is 0 Å². The van der Waals surface area contributed by atoms with Crippen molar-refractivity contribution in [1.82, 2.24) is 5.32 Å². The van der Waals surface area contributed by atoms with Crippen molar-refractivity contribution in [2.24, 2.45) is 0 Å². The van der Waals surface area contributed by atoms with Crippen molar-refractivity contribution in [3.63, 3.8) is 0 Å². The van der Waals surface area contributed by atoms with E-state index in [0.29, 0.717) is 18.8 Å². The second kappa shape index (κ2) is 7.71. The molecular formula is C14H21NO3. The average molecular weight is 251 g/mol. The first kappa shape index (κ1) is 14.5. The Hall–Kier alpha value is -1.55. The molecule has 100 valence electrons. The molecule has 0 heterocycles. The van der Waals surface area contributed by atoms with Crippen LogP contribution < -0.4 is 10.1 Å². The van der Waals surface area contributed by atoms with Crippen LogP contribution in [0.2, 0.25) is 0 Å². The van der Waals surface area contributed by atoms with Crippen molar-refractivity contribution in [3.05, 3.63) is 30.3 Å². The van der Waals surface area contributed by atoms with Crippen molar-refractivity contribution in [2.75, 3.05) is 13.7 Å². The molecule has 1 N–H and O–H groups in total. The third-order valence-electron chi connectivity index (χ3n) is 2.49. The standard InChI is InChI=1S/C14H21NO3/c1-4-13(14(16)15-11(2)10-17-3)18-12-8-6-5-7-9-12/h5-9,11,13H,4,10H2,1-3H3,(H,15,16). The van der Waals surface area contributed by atoms with Gasteiger partial charge in [0.05, 0.1) is 6.61 Å². The third kappa shape index (κ3) is 4.75. The minimum absolute atomic E-state index is 0.0177. The zero-order chi connectivity index (χ0) is 13.4. The van der Waals surface area contributed by atoms with Crippen molar-refractivity contribution < 1.29 is 14.3 Å². The molecule has 1 amide bonds. The van der Waals surface area contributed by atoms with Crippen molar-refractivity contribution >= 4 is 5.91 Å². The minimum atomic E-state index is -0.466. The first-order valence-electron chi connectivity index (χ1n) is 6.18. The molecule has 2 unspecified atom stereocenters. The first-order valence-corrected chi connectivity index (χ1v) is 6.18. The molecule has 0 bridgehead atoms. The van der Waals surface area contributed by atoms with Crippen LogP contribution >= 0.6 is 0 Å². The fourth-order valence-electron chi connectivity index (χ4n) is 1.61. The Kier molecular flexibility index (Phi) is 6.22. The van der Waals surface area contributed by atoms with Crippen LogP contribution in [0.15, 0.2) is 30.3 Å². The number of benzene rings is 1. The molecule has 0 aromatic heterocycles. The van der Waals surface area contributed by atoms with Gasteiger partial charge in [0.15, 0.2) is 6.10 Å². The van der Waals surface area contributed by atoms with Gasteiger partial charge in [-0.25, -0.2) is 0 Å². The van der Waals surface area contributed by atoms with Crippen LogP contribution in [0.3, 0.4) is 0 Å². The summed E-state index contributed by atoms with van der Waals surface area (Å²) in [6, 6.07) is 9.34. The van der Waals surface area contributed by atoms with Crippen molar-refractivity contribution in [2.45, 2.75) is 32.4 Å². The molecule has 4 nitrogen and oxygen atoms in total. The molecule has 18 heavy (non-hydrogen) atoms. The molecule has 1 aromatic rings. The summed E-state index contributed by atoms with van der Waals surface area (Å²) in [6.45, 7) is 4.32. The number of amides is 1. The highest BCUT2D eigenvalue weighted by molar-refractivity contribution is 5.81. The molecule has 0 radical (unpaired) electrons. The molecule has 0 aliphatic rings. The summed E-state index contributed by atoms with van der Waals surface area (Å²) >= 11 is 0. The molecule has 0 aliphatic carbocycles. The van der Waals surface area contributed by atoms with Gasteiger partial charge < -0.3 is 14.8 Å². The number of methoxy groups -OCH3 is 1. The smallest absolute Gasteiger partial charge is 0.261 e. The molecule has 2 atom stereocenters. The average Bonchev–Trinajstić information content (AvgIpc) is 2.37. The van der Waals surface area contributed by atoms with Crippen LogP contribution in [0.1, 0.15) is 20.3 Å². The largest absolute Gasteiger partial charge is 0.481 e. The Morgan fingerprint density at radius 3 is 2.56 bits per heavy atom. The maximum Gasteiger partial charge on any atom is 0.261 e. The highest BCUT2D eigenvalue weighted by Gasteiger charge is 2.19. The van der Waals surface area contributed by atoms with Crippen LogP contribution in [0.4, 0.5) is 0 Å². The number of rotatable bonds is 7. The van der Waals surface area contributed by atoms with E-state index in [1.165, 1.54) is 0 Å². The monoisotopic (exact) mass is 251 g/mol. The predicted molar refractivity (Wildman–Crippen MR) is 70.6 cm³/mol. The van der Waals surface area contributed by atoms with Gasteiger partial charge in [-0.05, 0) is 25.5 Å². The van der Waals surface area contributed by atoms with Crippen LogP contribution in [-0.4, -0.2) is 31.8 Å². The summed E-state index contributed by atoms with van der Waals surface area (Å²) in [4.78, 5) is 12.0. The topological polar surface area (TPSA) is 47.6 Å². The van der Waals surface area contributed by atoms with E-state index < -0.39 is 6.10 Å². The zero-order valence-electron chi connectivity index (χ0n) is 11.2. The lowest BCUT2D eigenvalue weighted by Crippen LogP contribution is -2.44. The number of hydrogen-bond acceptors (Lipinski definition) is 3. The molecule has 0 saturated heterocycles. The van der Waals surface area contributed by atoms with Gasteiger partial charge >= 0.3 is 0 Å². The van der Waals surface area contributed by atoms with Crippen LogP contribution in [-0.2, 0) is 9.53 Å². The minimum Gasteiger partial charge on any atom is -0.481 e. The lowest BCUT2D eigenvalue weighted by molar-refractivity contribution is -0.129. The van der Waals surface area contributed by atoms with E-state index in [9.17, 15) is 4.79 Å². The third-order valence-corrected chi connectivity index (χ3v) is 2.49. The molecule has 1 aromatic carbocycles. The van der Waals surface area contributed by atoms with Gasteiger partial charge in [0.2, 0.25) is 0 Å². The van der Waals surface area contributed by atoms with E-state index in [0.717, 1.165) is 0 Å². The molecule has 0 aliphatic heterocycles. The van der Waals surface area contributed by atoms with Gasteiger partial charge in [-0.3, -0.25) is 4.79 Å². The van der Waals surface area contributed by atoms with Gasteiger partial charge in [-0.1, -0.05) is 25.1 Å².